The molecule has 4 heteroatoms. The Hall–Kier alpha value is -0.770. The molecule has 1 rings (SSSR count). The SMILES string of the molecule is CCN(CCCO)C(=O)NC1CC1. The van der Waals surface area contributed by atoms with Crippen LogP contribution in [0.15, 0.2) is 0 Å². The van der Waals surface area contributed by atoms with Crippen LogP contribution < -0.4 is 5.32 Å². The second-order valence-electron chi connectivity index (χ2n) is 3.38. The average molecular weight is 186 g/mol. The summed E-state index contributed by atoms with van der Waals surface area (Å²) in [6, 6.07) is 0.425. The van der Waals surface area contributed by atoms with Crippen molar-refractivity contribution in [3.05, 3.63) is 0 Å². The lowest BCUT2D eigenvalue weighted by molar-refractivity contribution is 0.192. The zero-order chi connectivity index (χ0) is 9.68. The van der Waals surface area contributed by atoms with Crippen LogP contribution in [-0.4, -0.2) is 41.8 Å². The lowest BCUT2D eigenvalue weighted by Crippen LogP contribution is -2.41. The molecule has 13 heavy (non-hydrogen) atoms. The number of carbonyl (C=O) groups is 1. The Labute approximate surface area is 78.9 Å². The summed E-state index contributed by atoms with van der Waals surface area (Å²) in [5.74, 6) is 0. The van der Waals surface area contributed by atoms with Crippen molar-refractivity contribution < 1.29 is 9.90 Å². The van der Waals surface area contributed by atoms with E-state index in [2.05, 4.69) is 5.32 Å². The quantitative estimate of drug-likeness (QED) is 0.659. The van der Waals surface area contributed by atoms with Gasteiger partial charge in [-0.15, -0.1) is 0 Å². The first kappa shape index (κ1) is 10.3. The summed E-state index contributed by atoms with van der Waals surface area (Å²) in [6.07, 6.45) is 2.89. The highest BCUT2D eigenvalue weighted by Crippen LogP contribution is 2.18. The molecule has 0 saturated heterocycles. The van der Waals surface area contributed by atoms with Crippen molar-refractivity contribution in [1.29, 1.82) is 0 Å². The van der Waals surface area contributed by atoms with Crippen molar-refractivity contribution in [2.45, 2.75) is 32.2 Å². The van der Waals surface area contributed by atoms with Gasteiger partial charge in [-0.3, -0.25) is 0 Å². The minimum Gasteiger partial charge on any atom is -0.396 e. The van der Waals surface area contributed by atoms with Gasteiger partial charge in [-0.2, -0.15) is 0 Å². The first-order chi connectivity index (χ1) is 6.27. The maximum atomic E-state index is 11.5. The number of rotatable bonds is 5. The topological polar surface area (TPSA) is 52.6 Å². The Bertz CT molecular complexity index is 169. The van der Waals surface area contributed by atoms with E-state index >= 15 is 0 Å². The molecule has 1 saturated carbocycles. The molecule has 0 aromatic heterocycles. The molecule has 0 unspecified atom stereocenters. The van der Waals surface area contributed by atoms with Gasteiger partial charge >= 0.3 is 6.03 Å². The number of aliphatic hydroxyl groups excluding tert-OH is 1. The van der Waals surface area contributed by atoms with Gasteiger partial charge in [0, 0.05) is 25.7 Å². The Morgan fingerprint density at radius 2 is 2.31 bits per heavy atom. The number of nitrogens with zero attached hydrogens (tertiary/aromatic N) is 1. The van der Waals surface area contributed by atoms with Crippen LogP contribution in [0.25, 0.3) is 0 Å². The third-order valence-electron chi connectivity index (χ3n) is 2.16. The van der Waals surface area contributed by atoms with E-state index in [9.17, 15) is 4.79 Å². The lowest BCUT2D eigenvalue weighted by atomic mass is 10.4. The number of nitrogens with one attached hydrogen (secondary N) is 1. The smallest absolute Gasteiger partial charge is 0.317 e. The zero-order valence-corrected chi connectivity index (χ0v) is 8.12. The van der Waals surface area contributed by atoms with Crippen LogP contribution in [-0.2, 0) is 0 Å². The van der Waals surface area contributed by atoms with E-state index in [1.54, 1.807) is 4.90 Å². The predicted octanol–water partition coefficient (Wildman–Crippen LogP) is 0.563. The number of hydrogen-bond acceptors (Lipinski definition) is 2. The highest BCUT2D eigenvalue weighted by Gasteiger charge is 2.24. The van der Waals surface area contributed by atoms with E-state index in [0.29, 0.717) is 25.6 Å². The Morgan fingerprint density at radius 3 is 2.77 bits per heavy atom. The number of carbonyl (C=O) groups excluding carboxylic acids is 1. The monoisotopic (exact) mass is 186 g/mol. The highest BCUT2D eigenvalue weighted by molar-refractivity contribution is 5.74. The molecule has 0 bridgehead atoms. The third-order valence-corrected chi connectivity index (χ3v) is 2.16. The number of hydrogen-bond donors (Lipinski definition) is 2. The molecular formula is C9H18N2O2. The van der Waals surface area contributed by atoms with Crippen LogP contribution in [0.2, 0.25) is 0 Å². The van der Waals surface area contributed by atoms with Gasteiger partial charge in [0.1, 0.15) is 0 Å². The normalized spacial score (nSPS) is 15.5. The van der Waals surface area contributed by atoms with Crippen LogP contribution in [0, 0.1) is 0 Å². The van der Waals surface area contributed by atoms with Crippen LogP contribution in [0.3, 0.4) is 0 Å². The van der Waals surface area contributed by atoms with Gasteiger partial charge in [-0.05, 0) is 26.2 Å². The van der Waals surface area contributed by atoms with Gasteiger partial charge < -0.3 is 15.3 Å². The van der Waals surface area contributed by atoms with Gasteiger partial charge in [-0.1, -0.05) is 0 Å². The maximum Gasteiger partial charge on any atom is 0.317 e. The number of amides is 2. The minimum atomic E-state index is 0.0125. The van der Waals surface area contributed by atoms with E-state index in [-0.39, 0.29) is 12.6 Å². The predicted molar refractivity (Wildman–Crippen MR) is 50.5 cm³/mol. The number of aliphatic hydroxyl groups is 1. The van der Waals surface area contributed by atoms with Crippen LogP contribution in [0.4, 0.5) is 4.79 Å². The largest absolute Gasteiger partial charge is 0.396 e. The van der Waals surface area contributed by atoms with Gasteiger partial charge in [-0.25, -0.2) is 4.79 Å². The molecule has 1 aliphatic rings. The molecule has 0 aromatic rings. The average Bonchev–Trinajstić information content (AvgIpc) is 2.90. The number of urea groups is 1. The molecule has 2 amide bonds. The maximum absolute atomic E-state index is 11.5. The highest BCUT2D eigenvalue weighted by atomic mass is 16.3. The molecule has 0 atom stereocenters. The summed E-state index contributed by atoms with van der Waals surface area (Å²) >= 11 is 0. The van der Waals surface area contributed by atoms with E-state index in [4.69, 9.17) is 5.11 Å². The minimum absolute atomic E-state index is 0.0125. The van der Waals surface area contributed by atoms with Crippen molar-refractivity contribution in [1.82, 2.24) is 10.2 Å². The summed E-state index contributed by atoms with van der Waals surface area (Å²) in [5, 5.41) is 11.5. The third kappa shape index (κ3) is 3.63. The Morgan fingerprint density at radius 1 is 1.62 bits per heavy atom. The Kier molecular flexibility index (Phi) is 4.02. The molecular weight excluding hydrogens is 168 g/mol. The van der Waals surface area contributed by atoms with E-state index in [1.165, 1.54) is 0 Å². The summed E-state index contributed by atoms with van der Waals surface area (Å²) in [5.41, 5.74) is 0. The van der Waals surface area contributed by atoms with Crippen molar-refractivity contribution in [3.8, 4) is 0 Å². The molecule has 2 N–H and O–H groups in total. The molecule has 0 spiro atoms. The van der Waals surface area contributed by atoms with Crippen molar-refractivity contribution in [2.24, 2.45) is 0 Å². The van der Waals surface area contributed by atoms with Crippen LogP contribution >= 0.6 is 0 Å². The van der Waals surface area contributed by atoms with Crippen molar-refractivity contribution >= 4 is 6.03 Å². The van der Waals surface area contributed by atoms with Crippen molar-refractivity contribution in [3.63, 3.8) is 0 Å². The second kappa shape index (κ2) is 5.07. The van der Waals surface area contributed by atoms with Crippen molar-refractivity contribution in [2.75, 3.05) is 19.7 Å². The fourth-order valence-corrected chi connectivity index (χ4v) is 1.16. The fourth-order valence-electron chi connectivity index (χ4n) is 1.16. The standard InChI is InChI=1S/C9H18N2O2/c1-2-11(6-3-7-12)9(13)10-8-4-5-8/h8,12H,2-7H2,1H3,(H,10,13). The van der Waals surface area contributed by atoms with Gasteiger partial charge in [0.15, 0.2) is 0 Å². The molecule has 0 aliphatic heterocycles. The molecule has 0 radical (unpaired) electrons. The Balaban J connectivity index is 2.21. The van der Waals surface area contributed by atoms with Gasteiger partial charge in [0.05, 0.1) is 0 Å². The zero-order valence-electron chi connectivity index (χ0n) is 8.12. The first-order valence-electron chi connectivity index (χ1n) is 4.94. The molecule has 4 nitrogen and oxygen atoms in total. The van der Waals surface area contributed by atoms with E-state index < -0.39 is 0 Å². The molecule has 0 aromatic carbocycles. The first-order valence-corrected chi connectivity index (χ1v) is 4.94. The lowest BCUT2D eigenvalue weighted by Gasteiger charge is -2.20. The van der Waals surface area contributed by atoms with Gasteiger partial charge in [0.2, 0.25) is 0 Å². The fraction of sp³-hybridized carbons (Fsp3) is 0.889. The second-order valence-corrected chi connectivity index (χ2v) is 3.38. The molecule has 1 fully saturated rings. The summed E-state index contributed by atoms with van der Waals surface area (Å²) in [6.45, 7) is 3.45. The summed E-state index contributed by atoms with van der Waals surface area (Å²) in [7, 11) is 0. The van der Waals surface area contributed by atoms with Crippen LogP contribution in [0.5, 0.6) is 0 Å². The van der Waals surface area contributed by atoms with Gasteiger partial charge in [0.25, 0.3) is 0 Å². The summed E-state index contributed by atoms with van der Waals surface area (Å²) < 4.78 is 0. The van der Waals surface area contributed by atoms with E-state index in [0.717, 1.165) is 12.8 Å². The molecule has 76 valence electrons. The van der Waals surface area contributed by atoms with E-state index in [1.807, 2.05) is 6.92 Å². The van der Waals surface area contributed by atoms with Crippen LogP contribution in [0.1, 0.15) is 26.2 Å². The summed E-state index contributed by atoms with van der Waals surface area (Å²) in [4.78, 5) is 13.2. The molecule has 0 heterocycles. The molecule has 1 aliphatic carbocycles.